The lowest BCUT2D eigenvalue weighted by molar-refractivity contribution is 0.405. The Balaban J connectivity index is 1.91. The quantitative estimate of drug-likeness (QED) is 0.442. The van der Waals surface area contributed by atoms with Gasteiger partial charge in [0.15, 0.2) is 0 Å². The highest BCUT2D eigenvalue weighted by Crippen LogP contribution is 2.37. The summed E-state index contributed by atoms with van der Waals surface area (Å²) >= 11 is 0. The summed E-state index contributed by atoms with van der Waals surface area (Å²) in [6, 6.07) is 9.70. The number of benzene rings is 2. The van der Waals surface area contributed by atoms with Gasteiger partial charge in [0.25, 0.3) is 0 Å². The van der Waals surface area contributed by atoms with Gasteiger partial charge >= 0.3 is 0 Å². The van der Waals surface area contributed by atoms with E-state index in [0.29, 0.717) is 0 Å². The number of aromatic hydroxyl groups is 1. The van der Waals surface area contributed by atoms with Crippen LogP contribution in [0.4, 0.5) is 5.82 Å². The van der Waals surface area contributed by atoms with Crippen LogP contribution >= 0.6 is 0 Å². The van der Waals surface area contributed by atoms with E-state index in [2.05, 4.69) is 48.4 Å². The Labute approximate surface area is 159 Å². The monoisotopic (exact) mass is 362 g/mol. The minimum Gasteiger partial charge on any atom is -0.508 e. The number of hydrogen-bond acceptors (Lipinski definition) is 4. The third-order valence-corrected chi connectivity index (χ3v) is 5.13. The minimum atomic E-state index is 0.288. The van der Waals surface area contributed by atoms with Gasteiger partial charge in [-0.05, 0) is 68.0 Å². The second kappa shape index (κ2) is 7.08. The van der Waals surface area contributed by atoms with Gasteiger partial charge < -0.3 is 20.3 Å². The van der Waals surface area contributed by atoms with Gasteiger partial charge in [-0.1, -0.05) is 19.1 Å². The van der Waals surface area contributed by atoms with Gasteiger partial charge in [0.1, 0.15) is 11.6 Å². The fraction of sp³-hybridized carbons (Fsp3) is 0.318. The molecule has 0 radical (unpaired) electrons. The van der Waals surface area contributed by atoms with E-state index in [1.165, 1.54) is 10.9 Å². The highest BCUT2D eigenvalue weighted by Gasteiger charge is 2.15. The van der Waals surface area contributed by atoms with Crippen molar-refractivity contribution in [3.05, 3.63) is 42.1 Å². The number of phenols is 1. The first-order chi connectivity index (χ1) is 13.1. The van der Waals surface area contributed by atoms with E-state index >= 15 is 0 Å². The Morgan fingerprint density at radius 3 is 2.78 bits per heavy atom. The van der Waals surface area contributed by atoms with E-state index in [0.717, 1.165) is 58.9 Å². The maximum Gasteiger partial charge on any atom is 0.136 e. The van der Waals surface area contributed by atoms with Crippen LogP contribution in [0, 0.1) is 0 Å². The molecule has 140 valence electrons. The Morgan fingerprint density at radius 2 is 2.00 bits per heavy atom. The molecule has 4 aromatic rings. The van der Waals surface area contributed by atoms with Crippen LogP contribution in [0.5, 0.6) is 5.75 Å². The summed E-state index contributed by atoms with van der Waals surface area (Å²) in [4.78, 5) is 10.5. The zero-order chi connectivity index (χ0) is 19.0. The van der Waals surface area contributed by atoms with Crippen LogP contribution < -0.4 is 5.32 Å². The van der Waals surface area contributed by atoms with Crippen molar-refractivity contribution in [3.8, 4) is 5.75 Å². The number of aromatic amines is 1. The summed E-state index contributed by atoms with van der Waals surface area (Å²) in [6.07, 6.45) is 3.96. The summed E-state index contributed by atoms with van der Waals surface area (Å²) in [5, 5.41) is 17.9. The van der Waals surface area contributed by atoms with Crippen molar-refractivity contribution < 1.29 is 5.11 Å². The molecule has 2 aromatic heterocycles. The van der Waals surface area contributed by atoms with E-state index in [-0.39, 0.29) is 5.75 Å². The number of hydrogen-bond donors (Lipinski definition) is 3. The van der Waals surface area contributed by atoms with E-state index in [1.54, 1.807) is 6.07 Å². The normalized spacial score (nSPS) is 11.9. The number of anilines is 1. The topological polar surface area (TPSA) is 64.2 Å². The first-order valence-electron chi connectivity index (χ1n) is 9.52. The van der Waals surface area contributed by atoms with Crippen LogP contribution in [-0.4, -0.2) is 47.2 Å². The first kappa shape index (κ1) is 17.6. The predicted octanol–water partition coefficient (Wildman–Crippen LogP) is 4.50. The van der Waals surface area contributed by atoms with E-state index in [9.17, 15) is 5.11 Å². The fourth-order valence-electron chi connectivity index (χ4n) is 3.77. The van der Waals surface area contributed by atoms with Crippen molar-refractivity contribution in [2.75, 3.05) is 32.5 Å². The number of aromatic nitrogens is 2. The highest BCUT2D eigenvalue weighted by molar-refractivity contribution is 6.23. The molecule has 0 bridgehead atoms. The summed E-state index contributed by atoms with van der Waals surface area (Å²) in [7, 11) is 4.18. The molecule has 2 heterocycles. The average molecular weight is 362 g/mol. The molecule has 0 aliphatic carbocycles. The molecule has 2 aromatic carbocycles. The van der Waals surface area contributed by atoms with Gasteiger partial charge in [0.05, 0.1) is 10.9 Å². The standard InChI is InChI=1S/C22H26N4O/c1-4-14-13-24-22(23-10-5-11-26(2)3)20-19-17-8-7-16(27)12-15(17)6-9-18(19)25-21(14)20/h6-9,12-13,25,27H,4-5,10-11H2,1-3H3,(H,23,24). The molecule has 0 amide bonds. The predicted molar refractivity (Wildman–Crippen MR) is 114 cm³/mol. The fourth-order valence-corrected chi connectivity index (χ4v) is 3.77. The third kappa shape index (κ3) is 3.19. The van der Waals surface area contributed by atoms with E-state index in [4.69, 9.17) is 4.98 Å². The summed E-state index contributed by atoms with van der Waals surface area (Å²) < 4.78 is 0. The zero-order valence-electron chi connectivity index (χ0n) is 16.1. The highest BCUT2D eigenvalue weighted by atomic mass is 16.3. The number of nitrogens with zero attached hydrogens (tertiary/aromatic N) is 2. The number of phenolic OH excluding ortho intramolecular Hbond substituents is 1. The van der Waals surface area contributed by atoms with Crippen LogP contribution in [0.25, 0.3) is 32.6 Å². The molecular formula is C22H26N4O. The van der Waals surface area contributed by atoms with Gasteiger partial charge in [-0.15, -0.1) is 0 Å². The molecule has 27 heavy (non-hydrogen) atoms. The second-order valence-corrected chi connectivity index (χ2v) is 7.34. The molecule has 0 saturated carbocycles. The first-order valence-corrected chi connectivity index (χ1v) is 9.52. The smallest absolute Gasteiger partial charge is 0.136 e. The molecule has 0 atom stereocenters. The van der Waals surface area contributed by atoms with E-state index in [1.807, 2.05) is 18.3 Å². The number of nitrogens with one attached hydrogen (secondary N) is 2. The molecule has 5 nitrogen and oxygen atoms in total. The number of rotatable bonds is 6. The summed E-state index contributed by atoms with van der Waals surface area (Å²) in [5.41, 5.74) is 3.47. The van der Waals surface area contributed by atoms with Crippen molar-refractivity contribution >= 4 is 38.4 Å². The van der Waals surface area contributed by atoms with Gasteiger partial charge in [-0.25, -0.2) is 4.98 Å². The Morgan fingerprint density at radius 1 is 1.15 bits per heavy atom. The summed E-state index contributed by atoms with van der Waals surface area (Å²) in [6.45, 7) is 4.07. The SMILES string of the molecule is CCc1cnc(NCCCN(C)C)c2c1[nH]c1ccc3cc(O)ccc3c12. The molecule has 4 rings (SSSR count). The lowest BCUT2D eigenvalue weighted by atomic mass is 10.0. The molecule has 0 fully saturated rings. The second-order valence-electron chi connectivity index (χ2n) is 7.34. The zero-order valence-corrected chi connectivity index (χ0v) is 16.1. The maximum atomic E-state index is 9.85. The van der Waals surface area contributed by atoms with Gasteiger partial charge in [-0.2, -0.15) is 0 Å². The Kier molecular flexibility index (Phi) is 4.62. The van der Waals surface area contributed by atoms with E-state index < -0.39 is 0 Å². The summed E-state index contributed by atoms with van der Waals surface area (Å²) in [5.74, 6) is 1.21. The molecule has 0 aliphatic heterocycles. The maximum absolute atomic E-state index is 9.85. The molecular weight excluding hydrogens is 336 g/mol. The Hall–Kier alpha value is -2.79. The van der Waals surface area contributed by atoms with Crippen LogP contribution in [0.1, 0.15) is 18.9 Å². The van der Waals surface area contributed by atoms with Crippen LogP contribution in [0.2, 0.25) is 0 Å². The van der Waals surface area contributed by atoms with Crippen molar-refractivity contribution in [1.29, 1.82) is 0 Å². The van der Waals surface area contributed by atoms with Gasteiger partial charge in [0.2, 0.25) is 0 Å². The lowest BCUT2D eigenvalue weighted by Crippen LogP contribution is -2.16. The van der Waals surface area contributed by atoms with Crippen LogP contribution in [0.15, 0.2) is 36.5 Å². The molecule has 0 aliphatic rings. The minimum absolute atomic E-state index is 0.288. The van der Waals surface area contributed by atoms with Crippen molar-refractivity contribution in [2.45, 2.75) is 19.8 Å². The number of pyridine rings is 1. The van der Waals surface area contributed by atoms with Crippen molar-refractivity contribution in [3.63, 3.8) is 0 Å². The molecule has 5 heteroatoms. The van der Waals surface area contributed by atoms with Gasteiger partial charge in [-0.3, -0.25) is 0 Å². The third-order valence-electron chi connectivity index (χ3n) is 5.13. The molecule has 0 spiro atoms. The largest absolute Gasteiger partial charge is 0.508 e. The number of aryl methyl sites for hydroxylation is 1. The van der Waals surface area contributed by atoms with Crippen molar-refractivity contribution in [1.82, 2.24) is 14.9 Å². The lowest BCUT2D eigenvalue weighted by Gasteiger charge is -2.12. The molecule has 0 saturated heterocycles. The number of H-pyrrole nitrogens is 1. The Bertz CT molecular complexity index is 1110. The molecule has 0 unspecified atom stereocenters. The van der Waals surface area contributed by atoms with Gasteiger partial charge in [0, 0.05) is 23.6 Å². The average Bonchev–Trinajstić information content (AvgIpc) is 3.05. The molecule has 3 N–H and O–H groups in total. The van der Waals surface area contributed by atoms with Crippen molar-refractivity contribution in [2.24, 2.45) is 0 Å². The number of fused-ring (bicyclic) bond motifs is 5. The van der Waals surface area contributed by atoms with Crippen LogP contribution in [0.3, 0.4) is 0 Å². The van der Waals surface area contributed by atoms with Crippen LogP contribution in [-0.2, 0) is 6.42 Å².